The number of aliphatic imine (C=N–C) groups is 1. The zero-order valence-electron chi connectivity index (χ0n) is 8.07. The summed E-state index contributed by atoms with van der Waals surface area (Å²) in [5.74, 6) is -0.903. The second-order valence-electron chi connectivity index (χ2n) is 2.62. The lowest BCUT2D eigenvalue weighted by Crippen LogP contribution is -2.04. The number of carbonyl (C=O) groups excluding carboxylic acids is 1. The number of halogens is 4. The molecule has 0 spiro atoms. The van der Waals surface area contributed by atoms with Gasteiger partial charge < -0.3 is 9.47 Å². The zero-order chi connectivity index (χ0) is 12.8. The summed E-state index contributed by atoms with van der Waals surface area (Å²) in [6.45, 7) is -6.27. The number of ether oxygens (including phenoxy) is 2. The van der Waals surface area contributed by atoms with E-state index in [1.54, 1.807) is 0 Å². The maximum Gasteiger partial charge on any atom is 0.387 e. The fourth-order valence-corrected chi connectivity index (χ4v) is 1.02. The van der Waals surface area contributed by atoms with Gasteiger partial charge in [-0.25, -0.2) is 4.79 Å². The lowest BCUT2D eigenvalue weighted by atomic mass is 10.3. The highest BCUT2D eigenvalue weighted by molar-refractivity contribution is 5.55. The van der Waals surface area contributed by atoms with Crippen LogP contribution < -0.4 is 9.47 Å². The minimum absolute atomic E-state index is 0.186. The summed E-state index contributed by atoms with van der Waals surface area (Å²) >= 11 is 0. The van der Waals surface area contributed by atoms with E-state index in [9.17, 15) is 22.4 Å². The van der Waals surface area contributed by atoms with Crippen molar-refractivity contribution in [3.05, 3.63) is 18.2 Å². The van der Waals surface area contributed by atoms with Gasteiger partial charge in [0.1, 0.15) is 11.5 Å². The number of hydrogen-bond acceptors (Lipinski definition) is 4. The van der Waals surface area contributed by atoms with Crippen molar-refractivity contribution in [3.8, 4) is 11.5 Å². The van der Waals surface area contributed by atoms with Gasteiger partial charge in [0.15, 0.2) is 0 Å². The van der Waals surface area contributed by atoms with E-state index >= 15 is 0 Å². The Morgan fingerprint density at radius 2 is 1.47 bits per heavy atom. The number of hydrogen-bond donors (Lipinski definition) is 0. The van der Waals surface area contributed by atoms with E-state index in [1.165, 1.54) is 0 Å². The third kappa shape index (κ3) is 4.52. The normalized spacial score (nSPS) is 10.2. The van der Waals surface area contributed by atoms with Crippen molar-refractivity contribution < 1.29 is 31.8 Å². The molecule has 0 aliphatic rings. The first-order chi connectivity index (χ1) is 8.01. The van der Waals surface area contributed by atoms with Crippen molar-refractivity contribution in [2.24, 2.45) is 4.99 Å². The van der Waals surface area contributed by atoms with Gasteiger partial charge in [-0.05, 0) is 0 Å². The van der Waals surface area contributed by atoms with Crippen molar-refractivity contribution in [2.75, 3.05) is 0 Å². The third-order valence-electron chi connectivity index (χ3n) is 1.49. The highest BCUT2D eigenvalue weighted by atomic mass is 19.3. The van der Waals surface area contributed by atoms with Crippen molar-refractivity contribution in [1.29, 1.82) is 0 Å². The third-order valence-corrected chi connectivity index (χ3v) is 1.49. The Hall–Kier alpha value is -2.08. The fourth-order valence-electron chi connectivity index (χ4n) is 1.02. The van der Waals surface area contributed by atoms with Gasteiger partial charge in [0.25, 0.3) is 0 Å². The first kappa shape index (κ1) is 13.0. The van der Waals surface area contributed by atoms with Gasteiger partial charge in [0.05, 0.1) is 5.69 Å². The Bertz CT molecular complexity index is 404. The topological polar surface area (TPSA) is 47.9 Å². The summed E-state index contributed by atoms with van der Waals surface area (Å²) in [7, 11) is 0. The van der Waals surface area contributed by atoms with Crippen molar-refractivity contribution >= 4 is 11.8 Å². The zero-order valence-corrected chi connectivity index (χ0v) is 8.07. The van der Waals surface area contributed by atoms with Crippen LogP contribution in [-0.4, -0.2) is 19.3 Å². The molecule has 1 aromatic rings. The average molecular weight is 251 g/mol. The molecular weight excluding hydrogens is 246 g/mol. The summed E-state index contributed by atoms with van der Waals surface area (Å²) in [6.07, 6.45) is 1.13. The Kier molecular flexibility index (Phi) is 4.47. The van der Waals surface area contributed by atoms with Crippen LogP contribution in [0.1, 0.15) is 0 Å². The maximum atomic E-state index is 11.9. The van der Waals surface area contributed by atoms with E-state index < -0.39 is 24.7 Å². The molecule has 17 heavy (non-hydrogen) atoms. The second kappa shape index (κ2) is 5.86. The number of isocyanates is 1. The van der Waals surface area contributed by atoms with Crippen LogP contribution in [0.25, 0.3) is 0 Å². The average Bonchev–Trinajstić information content (AvgIpc) is 2.14. The molecule has 0 unspecified atom stereocenters. The highest BCUT2D eigenvalue weighted by Gasteiger charge is 2.10. The van der Waals surface area contributed by atoms with Crippen LogP contribution in [0.4, 0.5) is 23.2 Å². The van der Waals surface area contributed by atoms with Crippen LogP contribution in [0, 0.1) is 0 Å². The highest BCUT2D eigenvalue weighted by Crippen LogP contribution is 2.29. The minimum Gasteiger partial charge on any atom is -0.435 e. The van der Waals surface area contributed by atoms with Crippen LogP contribution in [0.15, 0.2) is 23.2 Å². The Morgan fingerprint density at radius 3 is 1.82 bits per heavy atom. The largest absolute Gasteiger partial charge is 0.435 e. The Labute approximate surface area is 92.5 Å². The summed E-state index contributed by atoms with van der Waals surface area (Å²) in [5.41, 5.74) is -0.186. The molecule has 0 aliphatic carbocycles. The summed E-state index contributed by atoms with van der Waals surface area (Å²) in [5, 5.41) is 0. The van der Waals surface area contributed by atoms with E-state index in [2.05, 4.69) is 14.5 Å². The van der Waals surface area contributed by atoms with E-state index in [0.717, 1.165) is 24.3 Å². The molecule has 92 valence electrons. The summed E-state index contributed by atoms with van der Waals surface area (Å²) in [6, 6.07) is 2.73. The van der Waals surface area contributed by atoms with Crippen molar-refractivity contribution in [1.82, 2.24) is 0 Å². The van der Waals surface area contributed by atoms with Gasteiger partial charge in [-0.2, -0.15) is 22.6 Å². The molecule has 1 rings (SSSR count). The molecule has 4 nitrogen and oxygen atoms in total. The molecule has 0 atom stereocenters. The molecule has 0 saturated heterocycles. The molecule has 0 N–H and O–H groups in total. The van der Waals surface area contributed by atoms with E-state index in [-0.39, 0.29) is 5.69 Å². The first-order valence-corrected chi connectivity index (χ1v) is 4.14. The van der Waals surface area contributed by atoms with Gasteiger partial charge in [-0.3, -0.25) is 0 Å². The van der Waals surface area contributed by atoms with Crippen molar-refractivity contribution in [3.63, 3.8) is 0 Å². The lowest BCUT2D eigenvalue weighted by Gasteiger charge is -2.08. The molecule has 0 heterocycles. The van der Waals surface area contributed by atoms with Gasteiger partial charge in [0, 0.05) is 18.2 Å². The fraction of sp³-hybridized carbons (Fsp3) is 0.222. The standard InChI is InChI=1S/C9H5F4NO3/c10-8(11)16-6-1-5(14-4-15)2-7(3-6)17-9(12)13/h1-3,8-9H. The Morgan fingerprint density at radius 1 is 1.00 bits per heavy atom. The number of alkyl halides is 4. The minimum atomic E-state index is -3.13. The molecule has 8 heteroatoms. The molecule has 0 saturated carbocycles. The van der Waals surface area contributed by atoms with Crippen LogP contribution in [0.2, 0.25) is 0 Å². The molecule has 0 radical (unpaired) electrons. The number of nitrogens with zero attached hydrogens (tertiary/aromatic N) is 1. The predicted molar refractivity (Wildman–Crippen MR) is 47.5 cm³/mol. The van der Waals surface area contributed by atoms with Crippen LogP contribution in [0.5, 0.6) is 11.5 Å². The molecule has 1 aromatic carbocycles. The van der Waals surface area contributed by atoms with Crippen molar-refractivity contribution in [2.45, 2.75) is 13.2 Å². The first-order valence-electron chi connectivity index (χ1n) is 4.14. The molecule has 0 fully saturated rings. The second-order valence-corrected chi connectivity index (χ2v) is 2.62. The molecule has 0 amide bonds. The predicted octanol–water partition coefficient (Wildman–Crippen LogP) is 2.86. The van der Waals surface area contributed by atoms with Crippen LogP contribution in [0.3, 0.4) is 0 Å². The monoisotopic (exact) mass is 251 g/mol. The number of benzene rings is 1. The summed E-state index contributed by atoms with van der Waals surface area (Å²) in [4.78, 5) is 13.1. The lowest BCUT2D eigenvalue weighted by molar-refractivity contribution is -0.0541. The maximum absolute atomic E-state index is 11.9. The van der Waals surface area contributed by atoms with E-state index in [0.29, 0.717) is 0 Å². The number of rotatable bonds is 5. The molecular formula is C9H5F4NO3. The van der Waals surface area contributed by atoms with Gasteiger partial charge >= 0.3 is 13.2 Å². The van der Waals surface area contributed by atoms with Gasteiger partial charge in [-0.15, -0.1) is 0 Å². The van der Waals surface area contributed by atoms with Gasteiger partial charge in [0.2, 0.25) is 6.08 Å². The van der Waals surface area contributed by atoms with Crippen LogP contribution >= 0.6 is 0 Å². The van der Waals surface area contributed by atoms with Crippen LogP contribution in [-0.2, 0) is 4.79 Å². The summed E-state index contributed by atoms with van der Waals surface area (Å²) < 4.78 is 55.6. The van der Waals surface area contributed by atoms with Gasteiger partial charge in [-0.1, -0.05) is 0 Å². The Balaban J connectivity index is 3.04. The smallest absolute Gasteiger partial charge is 0.387 e. The quantitative estimate of drug-likeness (QED) is 0.459. The van der Waals surface area contributed by atoms with E-state index in [4.69, 9.17) is 0 Å². The molecule has 0 bridgehead atoms. The SMILES string of the molecule is O=C=Nc1cc(OC(F)F)cc(OC(F)F)c1. The molecule has 0 aromatic heterocycles. The molecule has 0 aliphatic heterocycles. The van der Waals surface area contributed by atoms with E-state index in [1.807, 2.05) is 0 Å².